The van der Waals surface area contributed by atoms with Gasteiger partial charge in [-0.15, -0.1) is 0 Å². The molecule has 9 heteroatoms. The number of pyridine rings is 1. The van der Waals surface area contributed by atoms with Gasteiger partial charge in [0, 0.05) is 55.0 Å². The zero-order chi connectivity index (χ0) is 23.0. The summed E-state index contributed by atoms with van der Waals surface area (Å²) in [5, 5.41) is 9.48. The van der Waals surface area contributed by atoms with Crippen LogP contribution < -0.4 is 26.4 Å². The molecule has 0 radical (unpaired) electrons. The third-order valence-electron chi connectivity index (χ3n) is 6.24. The van der Waals surface area contributed by atoms with E-state index < -0.39 is 0 Å². The van der Waals surface area contributed by atoms with Gasteiger partial charge in [0.15, 0.2) is 6.29 Å². The lowest BCUT2D eigenvalue weighted by Gasteiger charge is -2.36. The first-order valence-electron chi connectivity index (χ1n) is 11.0. The number of methoxy groups -OCH3 is 1. The molecule has 0 amide bonds. The Hall–Kier alpha value is -3.59. The molecule has 33 heavy (non-hydrogen) atoms. The van der Waals surface area contributed by atoms with Crippen molar-refractivity contribution in [2.24, 2.45) is 17.5 Å². The first kappa shape index (κ1) is 21.3. The third kappa shape index (κ3) is 4.23. The van der Waals surface area contributed by atoms with Gasteiger partial charge in [-0.25, -0.2) is 9.98 Å². The summed E-state index contributed by atoms with van der Waals surface area (Å²) in [6.07, 6.45) is 8.29. The van der Waals surface area contributed by atoms with Gasteiger partial charge in [-0.2, -0.15) is 5.10 Å². The maximum atomic E-state index is 6.15. The predicted molar refractivity (Wildman–Crippen MR) is 127 cm³/mol. The lowest BCUT2D eigenvalue weighted by molar-refractivity contribution is 0.134. The fourth-order valence-corrected chi connectivity index (χ4v) is 4.40. The molecule has 9 nitrogen and oxygen atoms in total. The topological polar surface area (TPSA) is 103 Å². The van der Waals surface area contributed by atoms with Crippen LogP contribution in [0.2, 0.25) is 0 Å². The minimum atomic E-state index is -0.362. The smallest absolute Gasteiger partial charge is 0.197 e. The summed E-state index contributed by atoms with van der Waals surface area (Å²) in [5.74, 6) is 1.15. The van der Waals surface area contributed by atoms with E-state index in [9.17, 15) is 0 Å². The minimum Gasteiger partial charge on any atom is -0.495 e. The average Bonchev–Trinajstić information content (AvgIpc) is 3.43. The van der Waals surface area contributed by atoms with Gasteiger partial charge in [0.25, 0.3) is 0 Å². The zero-order valence-electron chi connectivity index (χ0n) is 19.2. The van der Waals surface area contributed by atoms with Crippen molar-refractivity contribution in [3.8, 4) is 16.9 Å². The number of benzene rings is 1. The molecule has 2 aliphatic heterocycles. The van der Waals surface area contributed by atoms with Crippen LogP contribution in [-0.2, 0) is 11.8 Å². The van der Waals surface area contributed by atoms with E-state index in [1.807, 2.05) is 37.6 Å². The molecule has 0 saturated carbocycles. The van der Waals surface area contributed by atoms with Crippen LogP contribution >= 0.6 is 0 Å². The summed E-state index contributed by atoms with van der Waals surface area (Å²) in [6, 6.07) is 8.01. The van der Waals surface area contributed by atoms with E-state index in [0.29, 0.717) is 11.2 Å². The van der Waals surface area contributed by atoms with Crippen molar-refractivity contribution in [2.45, 2.75) is 19.6 Å². The first-order valence-corrected chi connectivity index (χ1v) is 11.0. The van der Waals surface area contributed by atoms with Gasteiger partial charge in [0.05, 0.1) is 25.6 Å². The lowest BCUT2D eigenvalue weighted by atomic mass is 9.89. The molecule has 1 fully saturated rings. The molecule has 0 bridgehead atoms. The zero-order valence-corrected chi connectivity index (χ0v) is 19.2. The van der Waals surface area contributed by atoms with Gasteiger partial charge < -0.3 is 25.4 Å². The quantitative estimate of drug-likeness (QED) is 0.591. The Morgan fingerprint density at radius 3 is 2.91 bits per heavy atom. The van der Waals surface area contributed by atoms with E-state index in [0.717, 1.165) is 54.0 Å². The molecule has 5 rings (SSSR count). The highest BCUT2D eigenvalue weighted by Gasteiger charge is 2.34. The maximum absolute atomic E-state index is 6.15. The SMILES string of the molecule is COc1cc(-c2cnn(C)c2)ccc1NC1N=c2c(N)nccc2=CN1CC1(C)CCOC1. The Kier molecular flexibility index (Phi) is 5.41. The number of nitrogen functional groups attached to an aromatic ring is 1. The molecule has 2 atom stereocenters. The molecule has 4 heterocycles. The highest BCUT2D eigenvalue weighted by atomic mass is 16.5. The molecule has 3 aromatic rings. The predicted octanol–water partition coefficient (Wildman–Crippen LogP) is 1.57. The van der Waals surface area contributed by atoms with Crippen LogP contribution in [0.4, 0.5) is 11.5 Å². The van der Waals surface area contributed by atoms with Gasteiger partial charge in [-0.1, -0.05) is 13.0 Å². The van der Waals surface area contributed by atoms with E-state index in [1.54, 1.807) is 18.0 Å². The number of hydrogen-bond donors (Lipinski definition) is 2. The Bertz CT molecular complexity index is 1280. The van der Waals surface area contributed by atoms with Crippen LogP contribution in [0.1, 0.15) is 13.3 Å². The number of fused-ring (bicyclic) bond motifs is 1. The summed E-state index contributed by atoms with van der Waals surface area (Å²) in [4.78, 5) is 11.4. The largest absolute Gasteiger partial charge is 0.495 e. The van der Waals surface area contributed by atoms with E-state index >= 15 is 0 Å². The number of hydrogen-bond acceptors (Lipinski definition) is 8. The van der Waals surface area contributed by atoms with Crippen molar-refractivity contribution < 1.29 is 9.47 Å². The Morgan fingerprint density at radius 1 is 1.30 bits per heavy atom. The summed E-state index contributed by atoms with van der Waals surface area (Å²) in [7, 11) is 3.57. The number of aryl methyl sites for hydroxylation is 1. The van der Waals surface area contributed by atoms with Crippen LogP contribution in [-0.4, -0.2) is 52.8 Å². The molecular weight excluding hydrogens is 418 g/mol. The Morgan fingerprint density at radius 2 is 2.18 bits per heavy atom. The third-order valence-corrected chi connectivity index (χ3v) is 6.24. The highest BCUT2D eigenvalue weighted by Crippen LogP contribution is 2.33. The molecule has 2 aromatic heterocycles. The van der Waals surface area contributed by atoms with Crippen LogP contribution in [0, 0.1) is 5.41 Å². The summed E-state index contributed by atoms with van der Waals surface area (Å²) in [6.45, 7) is 4.58. The second-order valence-electron chi connectivity index (χ2n) is 9.01. The first-order chi connectivity index (χ1) is 15.9. The van der Waals surface area contributed by atoms with Crippen LogP contribution in [0.3, 0.4) is 0 Å². The highest BCUT2D eigenvalue weighted by molar-refractivity contribution is 5.70. The van der Waals surface area contributed by atoms with E-state index in [1.165, 1.54) is 0 Å². The molecule has 1 saturated heterocycles. The molecule has 2 aliphatic rings. The van der Waals surface area contributed by atoms with Crippen LogP contribution in [0.15, 0.2) is 47.8 Å². The number of anilines is 2. The Labute approximate surface area is 192 Å². The number of aromatic nitrogens is 3. The van der Waals surface area contributed by atoms with Crippen LogP contribution in [0.5, 0.6) is 5.75 Å². The number of nitrogens with two attached hydrogens (primary N) is 1. The molecule has 3 N–H and O–H groups in total. The summed E-state index contributed by atoms with van der Waals surface area (Å²) >= 11 is 0. The van der Waals surface area contributed by atoms with Gasteiger partial charge in [-0.3, -0.25) is 4.68 Å². The van der Waals surface area contributed by atoms with Gasteiger partial charge in [0.1, 0.15) is 16.9 Å². The van der Waals surface area contributed by atoms with Crippen molar-refractivity contribution in [2.75, 3.05) is 37.9 Å². The second-order valence-corrected chi connectivity index (χ2v) is 9.01. The fraction of sp³-hybridized carbons (Fsp3) is 0.375. The van der Waals surface area contributed by atoms with E-state index in [4.69, 9.17) is 20.2 Å². The lowest BCUT2D eigenvalue weighted by Crippen LogP contribution is -2.49. The molecule has 0 aliphatic carbocycles. The normalized spacial score (nSPS) is 21.8. The van der Waals surface area contributed by atoms with Crippen molar-refractivity contribution in [1.82, 2.24) is 19.7 Å². The van der Waals surface area contributed by atoms with Gasteiger partial charge in [0.2, 0.25) is 0 Å². The van der Waals surface area contributed by atoms with Crippen molar-refractivity contribution in [3.05, 3.63) is 53.4 Å². The van der Waals surface area contributed by atoms with Gasteiger partial charge >= 0.3 is 0 Å². The molecule has 2 unspecified atom stereocenters. The second kappa shape index (κ2) is 8.40. The molecule has 0 spiro atoms. The maximum Gasteiger partial charge on any atom is 0.197 e. The Balaban J connectivity index is 1.50. The minimum absolute atomic E-state index is 0.0519. The van der Waals surface area contributed by atoms with Crippen molar-refractivity contribution in [1.29, 1.82) is 0 Å². The summed E-state index contributed by atoms with van der Waals surface area (Å²) < 4.78 is 13.2. The van der Waals surface area contributed by atoms with Gasteiger partial charge in [-0.05, 0) is 30.2 Å². The monoisotopic (exact) mass is 447 g/mol. The number of rotatable bonds is 6. The van der Waals surface area contributed by atoms with Crippen molar-refractivity contribution in [3.63, 3.8) is 0 Å². The molecule has 1 aromatic carbocycles. The molecule has 172 valence electrons. The number of nitrogens with zero attached hydrogens (tertiary/aromatic N) is 5. The fourth-order valence-electron chi connectivity index (χ4n) is 4.40. The molecular formula is C24H29N7O2. The average molecular weight is 448 g/mol. The number of ether oxygens (including phenoxy) is 2. The summed E-state index contributed by atoms with van der Waals surface area (Å²) in [5.41, 5.74) is 9.11. The van der Waals surface area contributed by atoms with Crippen LogP contribution in [0.25, 0.3) is 17.3 Å². The standard InChI is InChI=1S/C24H29N7O2/c1-24(7-9-33-15-24)14-31-13-17-6-8-26-22(25)21(17)29-23(31)28-19-5-4-16(10-20(19)32-3)18-11-27-30(2)12-18/h4-6,8,10-13,23,28H,7,9,14-15H2,1-3H3,(H2,25,26). The van der Waals surface area contributed by atoms with E-state index in [-0.39, 0.29) is 11.7 Å². The van der Waals surface area contributed by atoms with E-state index in [2.05, 4.69) is 39.5 Å². The number of nitrogens with one attached hydrogen (secondary N) is 1. The van der Waals surface area contributed by atoms with Crippen molar-refractivity contribution >= 4 is 17.7 Å².